The lowest BCUT2D eigenvalue weighted by Crippen LogP contribution is -1.97. The van der Waals surface area contributed by atoms with Crippen LogP contribution in [-0.4, -0.2) is 11.1 Å². The SMILES string of the molecule is CCc1ccc(/C=C(\C(=O)O)c2cccs2)cc1. The van der Waals surface area contributed by atoms with E-state index in [0.29, 0.717) is 5.57 Å². The molecule has 2 rings (SSSR count). The van der Waals surface area contributed by atoms with Crippen LogP contribution in [0.25, 0.3) is 11.6 Å². The predicted octanol–water partition coefficient (Wildman–Crippen LogP) is 3.94. The van der Waals surface area contributed by atoms with Crippen molar-refractivity contribution < 1.29 is 9.90 Å². The molecule has 1 aromatic heterocycles. The molecule has 0 bridgehead atoms. The normalized spacial score (nSPS) is 11.5. The van der Waals surface area contributed by atoms with Crippen LogP contribution in [0.1, 0.15) is 22.9 Å². The minimum Gasteiger partial charge on any atom is -0.478 e. The standard InChI is InChI=1S/C15H14O2S/c1-2-11-5-7-12(8-6-11)10-13(15(16)17)14-4-3-9-18-14/h3-10H,2H2,1H3,(H,16,17)/b13-10-. The first-order chi connectivity index (χ1) is 8.70. The molecule has 0 saturated heterocycles. The summed E-state index contributed by atoms with van der Waals surface area (Å²) in [5.74, 6) is -0.892. The van der Waals surface area contributed by atoms with Crippen LogP contribution in [0.15, 0.2) is 41.8 Å². The van der Waals surface area contributed by atoms with E-state index < -0.39 is 5.97 Å². The number of hydrogen-bond acceptors (Lipinski definition) is 2. The molecule has 0 aliphatic carbocycles. The third-order valence-corrected chi connectivity index (χ3v) is 3.62. The van der Waals surface area contributed by atoms with E-state index in [9.17, 15) is 9.90 Å². The van der Waals surface area contributed by atoms with E-state index in [1.807, 2.05) is 41.8 Å². The van der Waals surface area contributed by atoms with Gasteiger partial charge in [0.2, 0.25) is 0 Å². The van der Waals surface area contributed by atoms with Crippen molar-refractivity contribution in [3.8, 4) is 0 Å². The molecule has 0 amide bonds. The number of carboxylic acid groups (broad SMARTS) is 1. The van der Waals surface area contributed by atoms with Gasteiger partial charge in [-0.2, -0.15) is 0 Å². The molecule has 0 aliphatic heterocycles. The Balaban J connectivity index is 2.36. The number of rotatable bonds is 4. The molecule has 3 heteroatoms. The van der Waals surface area contributed by atoms with Crippen molar-refractivity contribution in [2.24, 2.45) is 0 Å². The molecule has 92 valence electrons. The van der Waals surface area contributed by atoms with Gasteiger partial charge in [0.25, 0.3) is 0 Å². The van der Waals surface area contributed by atoms with Crippen LogP contribution in [0.3, 0.4) is 0 Å². The van der Waals surface area contributed by atoms with Crippen LogP contribution in [-0.2, 0) is 11.2 Å². The van der Waals surface area contributed by atoms with Crippen LogP contribution >= 0.6 is 11.3 Å². The number of thiophene rings is 1. The van der Waals surface area contributed by atoms with E-state index in [2.05, 4.69) is 6.92 Å². The van der Waals surface area contributed by atoms with Gasteiger partial charge in [0.05, 0.1) is 5.57 Å². The fraction of sp³-hybridized carbons (Fsp3) is 0.133. The summed E-state index contributed by atoms with van der Waals surface area (Å²) in [7, 11) is 0. The maximum atomic E-state index is 11.3. The molecule has 0 unspecified atom stereocenters. The average Bonchev–Trinajstić information content (AvgIpc) is 2.90. The third-order valence-electron chi connectivity index (χ3n) is 2.72. The van der Waals surface area contributed by atoms with Gasteiger partial charge in [-0.05, 0) is 35.1 Å². The van der Waals surface area contributed by atoms with Crippen LogP contribution in [0.4, 0.5) is 0 Å². The van der Waals surface area contributed by atoms with E-state index in [0.717, 1.165) is 16.9 Å². The number of benzene rings is 1. The Bertz CT molecular complexity index is 551. The molecule has 0 saturated carbocycles. The molecule has 1 aromatic carbocycles. The predicted molar refractivity (Wildman–Crippen MR) is 75.6 cm³/mol. The van der Waals surface area contributed by atoms with Gasteiger partial charge < -0.3 is 5.11 Å². The molecule has 0 radical (unpaired) electrons. The van der Waals surface area contributed by atoms with Crippen molar-refractivity contribution >= 4 is 29.0 Å². The molecule has 0 atom stereocenters. The molecule has 2 aromatic rings. The summed E-state index contributed by atoms with van der Waals surface area (Å²) >= 11 is 1.44. The second kappa shape index (κ2) is 5.65. The Kier molecular flexibility index (Phi) is 3.95. The highest BCUT2D eigenvalue weighted by atomic mass is 32.1. The van der Waals surface area contributed by atoms with Crippen LogP contribution in [0, 0.1) is 0 Å². The third kappa shape index (κ3) is 2.87. The zero-order valence-corrected chi connectivity index (χ0v) is 10.9. The largest absolute Gasteiger partial charge is 0.478 e. The van der Waals surface area contributed by atoms with Gasteiger partial charge in [-0.3, -0.25) is 0 Å². The van der Waals surface area contributed by atoms with Gasteiger partial charge in [-0.1, -0.05) is 37.3 Å². The lowest BCUT2D eigenvalue weighted by atomic mass is 10.1. The molecule has 0 spiro atoms. The summed E-state index contributed by atoms with van der Waals surface area (Å²) in [6.07, 6.45) is 2.70. The summed E-state index contributed by atoms with van der Waals surface area (Å²) in [6.45, 7) is 2.10. The molecule has 0 fully saturated rings. The number of carboxylic acids is 1. The minimum absolute atomic E-state index is 0.342. The average molecular weight is 258 g/mol. The van der Waals surface area contributed by atoms with Gasteiger partial charge in [-0.15, -0.1) is 11.3 Å². The van der Waals surface area contributed by atoms with Gasteiger partial charge in [0.1, 0.15) is 0 Å². The highest BCUT2D eigenvalue weighted by Gasteiger charge is 2.11. The molecule has 1 heterocycles. The van der Waals surface area contributed by atoms with Crippen molar-refractivity contribution in [3.05, 3.63) is 57.8 Å². The molecule has 2 nitrogen and oxygen atoms in total. The highest BCUT2D eigenvalue weighted by molar-refractivity contribution is 7.11. The maximum Gasteiger partial charge on any atom is 0.337 e. The second-order valence-electron chi connectivity index (χ2n) is 3.94. The number of aliphatic carboxylic acids is 1. The quantitative estimate of drug-likeness (QED) is 0.843. The number of aryl methyl sites for hydroxylation is 1. The van der Waals surface area contributed by atoms with Gasteiger partial charge >= 0.3 is 5.97 Å². The van der Waals surface area contributed by atoms with Crippen molar-refractivity contribution in [3.63, 3.8) is 0 Å². The van der Waals surface area contributed by atoms with Crippen LogP contribution < -0.4 is 0 Å². The highest BCUT2D eigenvalue weighted by Crippen LogP contribution is 2.23. The Hall–Kier alpha value is -1.87. The van der Waals surface area contributed by atoms with Crippen molar-refractivity contribution in [2.45, 2.75) is 13.3 Å². The lowest BCUT2D eigenvalue weighted by Gasteiger charge is -2.01. The second-order valence-corrected chi connectivity index (χ2v) is 4.88. The first kappa shape index (κ1) is 12.6. The van der Waals surface area contributed by atoms with Crippen molar-refractivity contribution in [1.29, 1.82) is 0 Å². The molecule has 0 aliphatic rings. The maximum absolute atomic E-state index is 11.3. The monoisotopic (exact) mass is 258 g/mol. The summed E-state index contributed by atoms with van der Waals surface area (Å²) < 4.78 is 0. The minimum atomic E-state index is -0.892. The van der Waals surface area contributed by atoms with Crippen LogP contribution in [0.2, 0.25) is 0 Å². The molecule has 1 N–H and O–H groups in total. The smallest absolute Gasteiger partial charge is 0.337 e. The van der Waals surface area contributed by atoms with Crippen molar-refractivity contribution in [2.75, 3.05) is 0 Å². The van der Waals surface area contributed by atoms with E-state index >= 15 is 0 Å². The van der Waals surface area contributed by atoms with Gasteiger partial charge in [0.15, 0.2) is 0 Å². The Morgan fingerprint density at radius 2 is 2.00 bits per heavy atom. The Labute approximate surface area is 110 Å². The fourth-order valence-corrected chi connectivity index (χ4v) is 2.42. The zero-order valence-electron chi connectivity index (χ0n) is 10.1. The van der Waals surface area contributed by atoms with Crippen LogP contribution in [0.5, 0.6) is 0 Å². The Morgan fingerprint density at radius 1 is 1.28 bits per heavy atom. The van der Waals surface area contributed by atoms with E-state index in [1.165, 1.54) is 16.9 Å². The number of carbonyl (C=O) groups is 1. The van der Waals surface area contributed by atoms with E-state index in [-0.39, 0.29) is 0 Å². The number of hydrogen-bond donors (Lipinski definition) is 1. The summed E-state index contributed by atoms with van der Waals surface area (Å²) in [5.41, 5.74) is 2.51. The molecular weight excluding hydrogens is 244 g/mol. The fourth-order valence-electron chi connectivity index (χ4n) is 1.69. The van der Waals surface area contributed by atoms with E-state index in [4.69, 9.17) is 0 Å². The van der Waals surface area contributed by atoms with E-state index in [1.54, 1.807) is 6.08 Å². The molecule has 18 heavy (non-hydrogen) atoms. The topological polar surface area (TPSA) is 37.3 Å². The molecular formula is C15H14O2S. The van der Waals surface area contributed by atoms with Gasteiger partial charge in [-0.25, -0.2) is 4.79 Å². The first-order valence-corrected chi connectivity index (χ1v) is 6.66. The first-order valence-electron chi connectivity index (χ1n) is 5.78. The summed E-state index contributed by atoms with van der Waals surface area (Å²) in [5, 5.41) is 11.1. The van der Waals surface area contributed by atoms with Crippen molar-refractivity contribution in [1.82, 2.24) is 0 Å². The summed E-state index contributed by atoms with van der Waals surface area (Å²) in [6, 6.07) is 11.6. The Morgan fingerprint density at radius 3 is 2.50 bits per heavy atom. The lowest BCUT2D eigenvalue weighted by molar-refractivity contribution is -0.130. The van der Waals surface area contributed by atoms with Gasteiger partial charge in [0, 0.05) is 4.88 Å². The zero-order chi connectivity index (χ0) is 13.0. The summed E-state index contributed by atoms with van der Waals surface area (Å²) in [4.78, 5) is 12.0.